The summed E-state index contributed by atoms with van der Waals surface area (Å²) in [5, 5.41) is 15.4. The molecule has 8 heteroatoms. The molecular formula is C23H24F2N4OS. The van der Waals surface area contributed by atoms with Crippen molar-refractivity contribution >= 4 is 22.7 Å². The van der Waals surface area contributed by atoms with E-state index in [0.29, 0.717) is 18.7 Å². The highest BCUT2D eigenvalue weighted by Crippen LogP contribution is 2.45. The molecule has 1 fully saturated rings. The molecule has 0 bridgehead atoms. The molecule has 0 radical (unpaired) electrons. The fourth-order valence-electron chi connectivity index (χ4n) is 5.02. The first-order chi connectivity index (χ1) is 15.0. The lowest BCUT2D eigenvalue weighted by Gasteiger charge is -2.44. The Labute approximate surface area is 184 Å². The molecule has 3 aliphatic rings. The van der Waals surface area contributed by atoms with Gasteiger partial charge in [0.1, 0.15) is 23.2 Å². The van der Waals surface area contributed by atoms with Gasteiger partial charge in [0.05, 0.1) is 18.7 Å². The van der Waals surface area contributed by atoms with Crippen LogP contribution in [0.2, 0.25) is 0 Å². The Morgan fingerprint density at radius 2 is 2.13 bits per heavy atom. The summed E-state index contributed by atoms with van der Waals surface area (Å²) in [6, 6.07) is 8.26. The molecule has 0 aliphatic carbocycles. The number of halogens is 2. The molecule has 1 aromatic carbocycles. The van der Waals surface area contributed by atoms with Crippen LogP contribution in [0.15, 0.2) is 29.4 Å². The molecule has 4 heterocycles. The molecule has 5 nitrogen and oxygen atoms in total. The van der Waals surface area contributed by atoms with Crippen LogP contribution >= 0.6 is 11.3 Å². The van der Waals surface area contributed by atoms with E-state index in [1.165, 1.54) is 17.4 Å². The minimum absolute atomic E-state index is 0.125. The zero-order chi connectivity index (χ0) is 21.6. The summed E-state index contributed by atoms with van der Waals surface area (Å²) < 4.78 is 34.5. The maximum atomic E-state index is 14.4. The van der Waals surface area contributed by atoms with Crippen molar-refractivity contribution in [2.75, 3.05) is 37.8 Å². The van der Waals surface area contributed by atoms with Gasteiger partial charge in [-0.05, 0) is 49.9 Å². The second kappa shape index (κ2) is 7.97. The SMILES string of the molecule is CC1=NN(c2c(F)cccc2C#N)CC1CN1CCC2(CC1)OCCc1cc(F)sc12. The highest BCUT2D eigenvalue weighted by molar-refractivity contribution is 7.10. The third-order valence-corrected chi connectivity index (χ3v) is 7.86. The Morgan fingerprint density at radius 3 is 2.90 bits per heavy atom. The second-order valence-electron chi connectivity index (χ2n) is 8.57. The number of piperidine rings is 1. The summed E-state index contributed by atoms with van der Waals surface area (Å²) in [4.78, 5) is 3.47. The maximum Gasteiger partial charge on any atom is 0.177 e. The Balaban J connectivity index is 1.25. The van der Waals surface area contributed by atoms with Gasteiger partial charge in [-0.2, -0.15) is 14.8 Å². The van der Waals surface area contributed by atoms with E-state index in [2.05, 4.69) is 16.1 Å². The first-order valence-electron chi connectivity index (χ1n) is 10.7. The topological polar surface area (TPSA) is 51.9 Å². The molecule has 1 spiro atoms. The minimum Gasteiger partial charge on any atom is -0.369 e. The molecule has 1 saturated heterocycles. The standard InChI is InChI=1S/C23H24F2N4OS/c1-15-18(14-29(27-15)21-17(12-26)3-2-4-19(21)24)13-28-8-6-23(7-9-28)22-16(5-10-30-23)11-20(25)31-22/h2-4,11,18H,5-10,13-14H2,1H3. The van der Waals surface area contributed by atoms with Crippen molar-refractivity contribution < 1.29 is 13.5 Å². The molecule has 0 amide bonds. The number of ether oxygens (including phenoxy) is 1. The average Bonchev–Trinajstić information content (AvgIpc) is 3.32. The van der Waals surface area contributed by atoms with E-state index in [-0.39, 0.29) is 22.3 Å². The fraction of sp³-hybridized carbons (Fsp3) is 0.478. The van der Waals surface area contributed by atoms with Crippen LogP contribution in [0, 0.1) is 28.2 Å². The van der Waals surface area contributed by atoms with Crippen LogP contribution in [0.3, 0.4) is 0 Å². The molecule has 0 saturated carbocycles. The number of fused-ring (bicyclic) bond motifs is 2. The maximum absolute atomic E-state index is 14.4. The van der Waals surface area contributed by atoms with Crippen molar-refractivity contribution in [3.63, 3.8) is 0 Å². The molecule has 1 atom stereocenters. The quantitative estimate of drug-likeness (QED) is 0.712. The van der Waals surface area contributed by atoms with Crippen molar-refractivity contribution in [3.05, 3.63) is 51.2 Å². The van der Waals surface area contributed by atoms with Crippen LogP contribution in [-0.2, 0) is 16.8 Å². The summed E-state index contributed by atoms with van der Waals surface area (Å²) in [5.74, 6) is -0.258. The number of likely N-dealkylation sites (tertiary alicyclic amines) is 1. The van der Waals surface area contributed by atoms with Crippen molar-refractivity contribution in [2.24, 2.45) is 11.0 Å². The zero-order valence-corrected chi connectivity index (χ0v) is 18.2. The van der Waals surface area contributed by atoms with Gasteiger partial charge in [-0.15, -0.1) is 11.3 Å². The molecule has 3 aliphatic heterocycles. The van der Waals surface area contributed by atoms with E-state index in [4.69, 9.17) is 4.74 Å². The smallest absolute Gasteiger partial charge is 0.177 e. The third-order valence-electron chi connectivity index (χ3n) is 6.71. The molecular weight excluding hydrogens is 418 g/mol. The first kappa shape index (κ1) is 20.6. The van der Waals surface area contributed by atoms with Gasteiger partial charge in [0, 0.05) is 36.1 Å². The second-order valence-corrected chi connectivity index (χ2v) is 9.57. The number of benzene rings is 1. The highest BCUT2D eigenvalue weighted by Gasteiger charge is 2.43. The van der Waals surface area contributed by atoms with Gasteiger partial charge in [-0.25, -0.2) is 4.39 Å². The van der Waals surface area contributed by atoms with Gasteiger partial charge in [0.25, 0.3) is 0 Å². The van der Waals surface area contributed by atoms with Crippen LogP contribution in [0.1, 0.15) is 35.8 Å². The minimum atomic E-state index is -0.426. The highest BCUT2D eigenvalue weighted by atomic mass is 32.1. The molecule has 2 aromatic rings. The van der Waals surface area contributed by atoms with E-state index in [0.717, 1.165) is 55.0 Å². The summed E-state index contributed by atoms with van der Waals surface area (Å²) in [7, 11) is 0. The Kier molecular flexibility index (Phi) is 5.29. The van der Waals surface area contributed by atoms with Crippen molar-refractivity contribution in [3.8, 4) is 6.07 Å². The molecule has 31 heavy (non-hydrogen) atoms. The van der Waals surface area contributed by atoms with Crippen LogP contribution in [0.5, 0.6) is 0 Å². The van der Waals surface area contributed by atoms with E-state index in [1.54, 1.807) is 23.2 Å². The molecule has 5 rings (SSSR count). The monoisotopic (exact) mass is 442 g/mol. The number of nitrogens with zero attached hydrogens (tertiary/aromatic N) is 4. The van der Waals surface area contributed by atoms with Gasteiger partial charge in [0.2, 0.25) is 0 Å². The Morgan fingerprint density at radius 1 is 1.32 bits per heavy atom. The van der Waals surface area contributed by atoms with Crippen LogP contribution < -0.4 is 5.01 Å². The summed E-state index contributed by atoms with van der Waals surface area (Å²) in [6.07, 6.45) is 2.48. The summed E-state index contributed by atoms with van der Waals surface area (Å²) >= 11 is 1.23. The van der Waals surface area contributed by atoms with Crippen molar-refractivity contribution in [1.82, 2.24) is 4.90 Å². The van der Waals surface area contributed by atoms with Crippen LogP contribution in [-0.4, -0.2) is 43.4 Å². The van der Waals surface area contributed by atoms with E-state index in [1.807, 2.05) is 6.92 Å². The number of hydrazone groups is 1. The van der Waals surface area contributed by atoms with Crippen LogP contribution in [0.25, 0.3) is 0 Å². The first-order valence-corrected chi connectivity index (χ1v) is 11.5. The number of nitriles is 1. The molecule has 0 N–H and O–H groups in total. The lowest BCUT2D eigenvalue weighted by atomic mass is 9.85. The predicted octanol–water partition coefficient (Wildman–Crippen LogP) is 4.27. The Bertz CT molecular complexity index is 1070. The van der Waals surface area contributed by atoms with Gasteiger partial charge < -0.3 is 9.64 Å². The number of para-hydroxylation sites is 1. The van der Waals surface area contributed by atoms with Crippen molar-refractivity contribution in [1.29, 1.82) is 5.26 Å². The number of hydrogen-bond donors (Lipinski definition) is 0. The van der Waals surface area contributed by atoms with E-state index in [9.17, 15) is 14.0 Å². The zero-order valence-electron chi connectivity index (χ0n) is 17.4. The summed E-state index contributed by atoms with van der Waals surface area (Å²) in [5.41, 5.74) is 2.26. The van der Waals surface area contributed by atoms with Gasteiger partial charge in [-0.1, -0.05) is 6.07 Å². The van der Waals surface area contributed by atoms with Crippen molar-refractivity contribution in [2.45, 2.75) is 31.8 Å². The number of rotatable bonds is 3. The van der Waals surface area contributed by atoms with Gasteiger partial charge in [0.15, 0.2) is 5.13 Å². The fourth-order valence-corrected chi connectivity index (χ4v) is 6.16. The number of anilines is 1. The van der Waals surface area contributed by atoms with Gasteiger partial charge >= 0.3 is 0 Å². The largest absolute Gasteiger partial charge is 0.369 e. The van der Waals surface area contributed by atoms with Crippen LogP contribution in [0.4, 0.5) is 14.5 Å². The number of hydrogen-bond acceptors (Lipinski definition) is 6. The molecule has 162 valence electrons. The lowest BCUT2D eigenvalue weighted by molar-refractivity contribution is -0.0955. The van der Waals surface area contributed by atoms with Gasteiger partial charge in [-0.3, -0.25) is 5.01 Å². The number of thiophene rings is 1. The third kappa shape index (κ3) is 3.65. The lowest BCUT2D eigenvalue weighted by Crippen LogP contribution is -2.47. The average molecular weight is 443 g/mol. The van der Waals surface area contributed by atoms with E-state index >= 15 is 0 Å². The Hall–Kier alpha value is -2.34. The molecule has 1 aromatic heterocycles. The predicted molar refractivity (Wildman–Crippen MR) is 116 cm³/mol. The normalized spacial score (nSPS) is 23.0. The summed E-state index contributed by atoms with van der Waals surface area (Å²) in [6.45, 7) is 5.73. The molecule has 1 unspecified atom stereocenters. The van der Waals surface area contributed by atoms with E-state index < -0.39 is 5.82 Å².